The highest BCUT2D eigenvalue weighted by atomic mass is 16.1. The Morgan fingerprint density at radius 3 is 2.38 bits per heavy atom. The molecule has 2 fully saturated rings. The lowest BCUT2D eigenvalue weighted by Crippen LogP contribution is -2.00. The van der Waals surface area contributed by atoms with E-state index in [-0.39, 0.29) is 0 Å². The van der Waals surface area contributed by atoms with Gasteiger partial charge in [0, 0.05) is 12.3 Å². The summed E-state index contributed by atoms with van der Waals surface area (Å²) in [7, 11) is 0. The first-order chi connectivity index (χ1) is 6.36. The minimum atomic E-state index is 0.435. The average molecular weight is 172 g/mol. The fourth-order valence-electron chi connectivity index (χ4n) is 2.61. The number of fused-ring (bicyclic) bond motifs is 1. The van der Waals surface area contributed by atoms with Crippen molar-refractivity contribution in [1.82, 2.24) is 0 Å². The molecule has 0 aliphatic heterocycles. The zero-order valence-electron chi connectivity index (χ0n) is 7.44. The van der Waals surface area contributed by atoms with Gasteiger partial charge >= 0.3 is 0 Å². The number of Topliss-reactive ketones (excluding diaryl/α,β-unsaturated/α-hetero) is 1. The topological polar surface area (TPSA) is 17.1 Å². The van der Waals surface area contributed by atoms with Crippen molar-refractivity contribution in [3.05, 3.63) is 35.9 Å². The smallest absolute Gasteiger partial charge is 0.136 e. The lowest BCUT2D eigenvalue weighted by Gasteiger charge is -2.10. The van der Waals surface area contributed by atoms with Gasteiger partial charge in [0.2, 0.25) is 0 Å². The Kier molecular flexibility index (Phi) is 1.37. The summed E-state index contributed by atoms with van der Waals surface area (Å²) in [6, 6.07) is 10.5. The van der Waals surface area contributed by atoms with Gasteiger partial charge in [0.05, 0.1) is 0 Å². The van der Waals surface area contributed by atoms with Crippen molar-refractivity contribution in [3.8, 4) is 0 Å². The van der Waals surface area contributed by atoms with E-state index in [9.17, 15) is 4.79 Å². The van der Waals surface area contributed by atoms with Gasteiger partial charge in [0.25, 0.3) is 0 Å². The number of hydrogen-bond donors (Lipinski definition) is 0. The molecule has 1 aromatic carbocycles. The third-order valence-electron chi connectivity index (χ3n) is 3.42. The maximum absolute atomic E-state index is 11.4. The molecule has 3 rings (SSSR count). The molecule has 2 saturated carbocycles. The van der Waals surface area contributed by atoms with E-state index in [2.05, 4.69) is 24.3 Å². The summed E-state index contributed by atoms with van der Waals surface area (Å²) in [4.78, 5) is 11.4. The Morgan fingerprint density at radius 2 is 1.85 bits per heavy atom. The third kappa shape index (κ3) is 1.03. The summed E-state index contributed by atoms with van der Waals surface area (Å²) in [5.41, 5.74) is 1.36. The van der Waals surface area contributed by atoms with E-state index in [1.807, 2.05) is 6.07 Å². The average Bonchev–Trinajstić information content (AvgIpc) is 2.89. The summed E-state index contributed by atoms with van der Waals surface area (Å²) in [5, 5.41) is 0. The monoisotopic (exact) mass is 172 g/mol. The van der Waals surface area contributed by atoms with Crippen LogP contribution in [0.2, 0.25) is 0 Å². The van der Waals surface area contributed by atoms with Crippen LogP contribution in [0.5, 0.6) is 0 Å². The minimum Gasteiger partial charge on any atom is -0.299 e. The van der Waals surface area contributed by atoms with Crippen LogP contribution in [-0.4, -0.2) is 5.78 Å². The number of ketones is 1. The number of carbonyl (C=O) groups excluding carboxylic acids is 1. The largest absolute Gasteiger partial charge is 0.299 e. The molecule has 0 unspecified atom stereocenters. The van der Waals surface area contributed by atoms with Crippen LogP contribution in [0.25, 0.3) is 0 Å². The van der Waals surface area contributed by atoms with E-state index in [4.69, 9.17) is 0 Å². The van der Waals surface area contributed by atoms with E-state index in [1.165, 1.54) is 5.56 Å². The van der Waals surface area contributed by atoms with Crippen molar-refractivity contribution in [3.63, 3.8) is 0 Å². The van der Waals surface area contributed by atoms with Gasteiger partial charge in [-0.3, -0.25) is 4.79 Å². The summed E-state index contributed by atoms with van der Waals surface area (Å²) in [6.07, 6.45) is 1.94. The van der Waals surface area contributed by atoms with Crippen molar-refractivity contribution in [2.75, 3.05) is 0 Å². The van der Waals surface area contributed by atoms with Crippen LogP contribution in [0, 0.1) is 11.8 Å². The van der Waals surface area contributed by atoms with Crippen LogP contribution in [0.1, 0.15) is 24.3 Å². The molecule has 0 heterocycles. The van der Waals surface area contributed by atoms with Gasteiger partial charge in [0.15, 0.2) is 0 Å². The van der Waals surface area contributed by atoms with Gasteiger partial charge < -0.3 is 0 Å². The lowest BCUT2D eigenvalue weighted by molar-refractivity contribution is -0.119. The maximum Gasteiger partial charge on any atom is 0.136 e. The second-order valence-corrected chi connectivity index (χ2v) is 4.19. The Balaban J connectivity index is 1.91. The number of hydrogen-bond acceptors (Lipinski definition) is 1. The van der Waals surface area contributed by atoms with E-state index in [1.54, 1.807) is 0 Å². The van der Waals surface area contributed by atoms with Crippen molar-refractivity contribution < 1.29 is 4.79 Å². The van der Waals surface area contributed by atoms with Crippen LogP contribution in [-0.2, 0) is 4.79 Å². The molecule has 1 heteroatoms. The Bertz CT molecular complexity index is 341. The first kappa shape index (κ1) is 7.31. The van der Waals surface area contributed by atoms with Gasteiger partial charge in [-0.05, 0) is 23.8 Å². The molecule has 3 atom stereocenters. The molecule has 0 amide bonds. The van der Waals surface area contributed by atoms with Gasteiger partial charge in [0.1, 0.15) is 5.78 Å². The van der Waals surface area contributed by atoms with Gasteiger partial charge in [-0.25, -0.2) is 0 Å². The molecule has 2 aliphatic rings. The Labute approximate surface area is 77.8 Å². The van der Waals surface area contributed by atoms with Crippen molar-refractivity contribution in [1.29, 1.82) is 0 Å². The molecule has 2 aliphatic carbocycles. The molecule has 0 spiro atoms. The summed E-state index contributed by atoms with van der Waals surface area (Å²) in [6.45, 7) is 0. The van der Waals surface area contributed by atoms with Crippen LogP contribution in [0.3, 0.4) is 0 Å². The van der Waals surface area contributed by atoms with Crippen molar-refractivity contribution >= 4 is 5.78 Å². The quantitative estimate of drug-likeness (QED) is 0.635. The minimum absolute atomic E-state index is 0.435. The molecule has 1 nitrogen and oxygen atoms in total. The molecule has 0 bridgehead atoms. The normalized spacial score (nSPS) is 36.0. The molecule has 66 valence electrons. The van der Waals surface area contributed by atoms with E-state index in [0.717, 1.165) is 12.8 Å². The van der Waals surface area contributed by atoms with E-state index in [0.29, 0.717) is 23.5 Å². The highest BCUT2D eigenvalue weighted by molar-refractivity contribution is 5.88. The number of rotatable bonds is 1. The Morgan fingerprint density at radius 1 is 1.08 bits per heavy atom. The number of carbonyl (C=O) groups is 1. The fourth-order valence-corrected chi connectivity index (χ4v) is 2.61. The highest BCUT2D eigenvalue weighted by Gasteiger charge is 2.54. The first-order valence-corrected chi connectivity index (χ1v) is 4.94. The molecular weight excluding hydrogens is 160 g/mol. The molecule has 0 N–H and O–H groups in total. The zero-order valence-corrected chi connectivity index (χ0v) is 7.44. The summed E-state index contributed by atoms with van der Waals surface area (Å²) < 4.78 is 0. The predicted octanol–water partition coefficient (Wildman–Crippen LogP) is 2.38. The summed E-state index contributed by atoms with van der Waals surface area (Å²) in [5.74, 6) is 2.16. The SMILES string of the molecule is O=C1C[C@@H](c2ccccc2)[C@H]2C[C@@H]12. The molecule has 0 radical (unpaired) electrons. The maximum atomic E-state index is 11.4. The number of benzene rings is 1. The van der Waals surface area contributed by atoms with E-state index >= 15 is 0 Å². The van der Waals surface area contributed by atoms with Gasteiger partial charge in [-0.15, -0.1) is 0 Å². The summed E-state index contributed by atoms with van der Waals surface area (Å²) >= 11 is 0. The Hall–Kier alpha value is -1.11. The van der Waals surface area contributed by atoms with Crippen LogP contribution >= 0.6 is 0 Å². The highest BCUT2D eigenvalue weighted by Crippen LogP contribution is 2.57. The molecule has 0 saturated heterocycles. The van der Waals surface area contributed by atoms with Gasteiger partial charge in [-0.1, -0.05) is 30.3 Å². The molecule has 0 aromatic heterocycles. The van der Waals surface area contributed by atoms with E-state index < -0.39 is 0 Å². The fraction of sp³-hybridized carbons (Fsp3) is 0.417. The second-order valence-electron chi connectivity index (χ2n) is 4.19. The lowest BCUT2D eigenvalue weighted by atomic mass is 9.94. The molecule has 13 heavy (non-hydrogen) atoms. The van der Waals surface area contributed by atoms with Gasteiger partial charge in [-0.2, -0.15) is 0 Å². The van der Waals surface area contributed by atoms with Crippen molar-refractivity contribution in [2.24, 2.45) is 11.8 Å². The zero-order chi connectivity index (χ0) is 8.84. The predicted molar refractivity (Wildman–Crippen MR) is 50.4 cm³/mol. The van der Waals surface area contributed by atoms with Crippen LogP contribution in [0.4, 0.5) is 0 Å². The molecular formula is C12H12O. The molecule has 1 aromatic rings. The third-order valence-corrected chi connectivity index (χ3v) is 3.42. The second kappa shape index (κ2) is 2.44. The first-order valence-electron chi connectivity index (χ1n) is 4.94. The van der Waals surface area contributed by atoms with Crippen LogP contribution in [0.15, 0.2) is 30.3 Å². The van der Waals surface area contributed by atoms with Crippen LogP contribution < -0.4 is 0 Å². The standard InChI is InChI=1S/C12H12O/c13-12-7-9(10-6-11(10)12)8-4-2-1-3-5-8/h1-5,9-11H,6-7H2/t9-,10+,11+/m0/s1. The van der Waals surface area contributed by atoms with Crippen molar-refractivity contribution in [2.45, 2.75) is 18.8 Å².